The normalized spacial score (nSPS) is 16.5. The van der Waals surface area contributed by atoms with Crippen LogP contribution in [0.2, 0.25) is 0 Å². The molecule has 0 aliphatic carbocycles. The fourth-order valence-corrected chi connectivity index (χ4v) is 3.82. The van der Waals surface area contributed by atoms with Crippen molar-refractivity contribution in [2.75, 3.05) is 20.8 Å². The Hall–Kier alpha value is -3.26. The van der Waals surface area contributed by atoms with Gasteiger partial charge in [-0.1, -0.05) is 6.07 Å². The van der Waals surface area contributed by atoms with Crippen molar-refractivity contribution in [2.45, 2.75) is 6.92 Å². The van der Waals surface area contributed by atoms with E-state index in [1.165, 1.54) is 23.9 Å². The van der Waals surface area contributed by atoms with Gasteiger partial charge >= 0.3 is 5.97 Å². The molecule has 1 heterocycles. The maximum absolute atomic E-state index is 12.8. The lowest BCUT2D eigenvalue weighted by atomic mass is 10.2. The number of methoxy groups -OCH3 is 2. The van der Waals surface area contributed by atoms with Crippen LogP contribution in [0.3, 0.4) is 0 Å². The molecule has 3 rings (SSSR count). The predicted molar refractivity (Wildman–Crippen MR) is 113 cm³/mol. The summed E-state index contributed by atoms with van der Waals surface area (Å²) >= 11 is 1.27. The zero-order chi connectivity index (χ0) is 21.0. The highest BCUT2D eigenvalue weighted by atomic mass is 32.2. The van der Waals surface area contributed by atoms with Crippen molar-refractivity contribution in [2.24, 2.45) is 4.99 Å². The number of carboxylic acid groups (broad SMARTS) is 1. The van der Waals surface area contributed by atoms with E-state index in [-0.39, 0.29) is 11.5 Å². The Morgan fingerprint density at radius 1 is 1.14 bits per heavy atom. The van der Waals surface area contributed by atoms with Crippen molar-refractivity contribution in [3.63, 3.8) is 0 Å². The van der Waals surface area contributed by atoms with Gasteiger partial charge in [0.15, 0.2) is 16.7 Å². The van der Waals surface area contributed by atoms with E-state index in [9.17, 15) is 9.59 Å². The van der Waals surface area contributed by atoms with Gasteiger partial charge in [0.2, 0.25) is 0 Å². The number of likely N-dealkylation sites (N-methyl/N-ethyl adjacent to an activating group) is 1. The Bertz CT molecular complexity index is 999. The molecule has 0 radical (unpaired) electrons. The molecule has 150 valence electrons. The van der Waals surface area contributed by atoms with E-state index >= 15 is 0 Å². The minimum absolute atomic E-state index is 0.131. The molecular formula is C21H20N2O5S. The number of aliphatic imine (C=N–C) groups is 1. The van der Waals surface area contributed by atoms with Gasteiger partial charge in [0.1, 0.15) is 0 Å². The van der Waals surface area contributed by atoms with Crippen LogP contribution in [0, 0.1) is 0 Å². The molecule has 29 heavy (non-hydrogen) atoms. The number of rotatable bonds is 6. The summed E-state index contributed by atoms with van der Waals surface area (Å²) in [4.78, 5) is 30.4. The molecule has 0 unspecified atom stereocenters. The van der Waals surface area contributed by atoms with E-state index < -0.39 is 5.97 Å². The summed E-state index contributed by atoms with van der Waals surface area (Å²) in [6, 6.07) is 11.6. The number of amides is 1. The molecular weight excluding hydrogens is 392 g/mol. The van der Waals surface area contributed by atoms with E-state index in [1.807, 2.05) is 13.0 Å². The Kier molecular flexibility index (Phi) is 6.23. The van der Waals surface area contributed by atoms with Crippen molar-refractivity contribution in [3.05, 3.63) is 58.5 Å². The highest BCUT2D eigenvalue weighted by Gasteiger charge is 2.32. The number of amidine groups is 1. The topological polar surface area (TPSA) is 88.4 Å². The zero-order valence-corrected chi connectivity index (χ0v) is 17.0. The first-order valence-electron chi connectivity index (χ1n) is 8.82. The number of hydrogen-bond donors (Lipinski definition) is 1. The molecule has 0 bridgehead atoms. The predicted octanol–water partition coefficient (Wildman–Crippen LogP) is 4.03. The first-order chi connectivity index (χ1) is 14.0. The minimum Gasteiger partial charge on any atom is -0.493 e. The van der Waals surface area contributed by atoms with Crippen LogP contribution in [0.1, 0.15) is 22.8 Å². The maximum Gasteiger partial charge on any atom is 0.335 e. The van der Waals surface area contributed by atoms with Crippen molar-refractivity contribution >= 4 is 40.6 Å². The zero-order valence-electron chi connectivity index (χ0n) is 16.2. The average molecular weight is 412 g/mol. The molecule has 0 aromatic heterocycles. The lowest BCUT2D eigenvalue weighted by molar-refractivity contribution is -0.122. The first kappa shape index (κ1) is 20.5. The molecule has 8 heteroatoms. The van der Waals surface area contributed by atoms with Crippen LogP contribution >= 0.6 is 11.8 Å². The fourth-order valence-electron chi connectivity index (χ4n) is 2.75. The molecule has 1 amide bonds. The smallest absolute Gasteiger partial charge is 0.335 e. The number of benzene rings is 2. The molecule has 7 nitrogen and oxygen atoms in total. The first-order valence-corrected chi connectivity index (χ1v) is 9.64. The number of carbonyl (C=O) groups is 2. The third-order valence-electron chi connectivity index (χ3n) is 4.25. The minimum atomic E-state index is -0.995. The molecule has 0 saturated carbocycles. The monoisotopic (exact) mass is 412 g/mol. The van der Waals surface area contributed by atoms with Gasteiger partial charge in [-0.25, -0.2) is 9.79 Å². The Balaban J connectivity index is 1.90. The van der Waals surface area contributed by atoms with Gasteiger partial charge in [0.25, 0.3) is 5.91 Å². The van der Waals surface area contributed by atoms with Crippen molar-refractivity contribution in [1.29, 1.82) is 0 Å². The number of carboxylic acids is 1. The largest absolute Gasteiger partial charge is 0.493 e. The van der Waals surface area contributed by atoms with Crippen LogP contribution in [-0.2, 0) is 4.79 Å². The second-order valence-corrected chi connectivity index (χ2v) is 7.03. The lowest BCUT2D eigenvalue weighted by Crippen LogP contribution is -2.28. The molecule has 0 spiro atoms. The van der Waals surface area contributed by atoms with E-state index in [1.54, 1.807) is 49.5 Å². The van der Waals surface area contributed by atoms with Gasteiger partial charge in [-0.05, 0) is 66.7 Å². The van der Waals surface area contributed by atoms with Crippen LogP contribution in [0.15, 0.2) is 52.4 Å². The Labute approximate surface area is 172 Å². The Morgan fingerprint density at radius 2 is 1.83 bits per heavy atom. The highest BCUT2D eigenvalue weighted by molar-refractivity contribution is 8.18. The van der Waals surface area contributed by atoms with Crippen molar-refractivity contribution in [1.82, 2.24) is 4.90 Å². The lowest BCUT2D eigenvalue weighted by Gasteiger charge is -2.12. The standard InChI is InChI=1S/C21H20N2O5S/c1-4-23-19(24)18(12-13-5-10-16(27-2)17(11-13)28-3)29-21(23)22-15-8-6-14(7-9-15)20(25)26/h5-12H,4H2,1-3H3,(H,25,26)/b18-12-,22-21?. The molecule has 1 aliphatic rings. The van der Waals surface area contributed by atoms with Gasteiger partial charge in [-0.15, -0.1) is 0 Å². The van der Waals surface area contributed by atoms with Gasteiger partial charge in [0.05, 0.1) is 30.4 Å². The molecule has 0 atom stereocenters. The third kappa shape index (κ3) is 4.43. The van der Waals surface area contributed by atoms with Crippen LogP contribution in [0.5, 0.6) is 11.5 Å². The molecule has 1 aliphatic heterocycles. The van der Waals surface area contributed by atoms with Crippen LogP contribution in [-0.4, -0.2) is 47.8 Å². The van der Waals surface area contributed by atoms with Crippen LogP contribution in [0.25, 0.3) is 6.08 Å². The number of aromatic carboxylic acids is 1. The summed E-state index contributed by atoms with van der Waals surface area (Å²) in [5.74, 6) is 0.0671. The number of carbonyl (C=O) groups excluding carboxylic acids is 1. The summed E-state index contributed by atoms with van der Waals surface area (Å²) in [6.07, 6.45) is 1.79. The van der Waals surface area contributed by atoms with Gasteiger partial charge < -0.3 is 14.6 Å². The fraction of sp³-hybridized carbons (Fsp3) is 0.190. The van der Waals surface area contributed by atoms with E-state index in [2.05, 4.69) is 4.99 Å². The van der Waals surface area contributed by atoms with Gasteiger partial charge in [-0.2, -0.15) is 0 Å². The number of nitrogens with zero attached hydrogens (tertiary/aromatic N) is 2. The van der Waals surface area contributed by atoms with Crippen LogP contribution < -0.4 is 9.47 Å². The van der Waals surface area contributed by atoms with E-state index in [0.29, 0.717) is 33.8 Å². The van der Waals surface area contributed by atoms with Gasteiger partial charge in [-0.3, -0.25) is 9.69 Å². The summed E-state index contributed by atoms with van der Waals surface area (Å²) < 4.78 is 10.6. The van der Waals surface area contributed by atoms with Crippen molar-refractivity contribution in [3.8, 4) is 11.5 Å². The summed E-state index contributed by atoms with van der Waals surface area (Å²) in [5, 5.41) is 9.55. The second-order valence-electron chi connectivity index (χ2n) is 6.02. The molecule has 1 N–H and O–H groups in total. The van der Waals surface area contributed by atoms with E-state index in [4.69, 9.17) is 14.6 Å². The van der Waals surface area contributed by atoms with Gasteiger partial charge in [0, 0.05) is 6.54 Å². The summed E-state index contributed by atoms with van der Waals surface area (Å²) in [7, 11) is 3.13. The quantitative estimate of drug-likeness (QED) is 0.721. The number of thioether (sulfide) groups is 1. The third-order valence-corrected chi connectivity index (χ3v) is 5.26. The van der Waals surface area contributed by atoms with Crippen molar-refractivity contribution < 1.29 is 24.2 Å². The molecule has 1 fully saturated rings. The molecule has 2 aromatic carbocycles. The summed E-state index contributed by atoms with van der Waals surface area (Å²) in [6.45, 7) is 2.35. The maximum atomic E-state index is 12.8. The van der Waals surface area contributed by atoms with Crippen LogP contribution in [0.4, 0.5) is 5.69 Å². The van der Waals surface area contributed by atoms with E-state index in [0.717, 1.165) is 5.56 Å². The number of ether oxygens (including phenoxy) is 2. The second kappa shape index (κ2) is 8.83. The summed E-state index contributed by atoms with van der Waals surface area (Å²) in [5.41, 5.74) is 1.57. The highest BCUT2D eigenvalue weighted by Crippen LogP contribution is 2.35. The number of hydrogen-bond acceptors (Lipinski definition) is 6. The molecule has 2 aromatic rings. The SMILES string of the molecule is CCN1C(=O)/C(=C/c2ccc(OC)c(OC)c2)SC1=Nc1ccc(C(=O)O)cc1. The molecule has 1 saturated heterocycles. The average Bonchev–Trinajstić information content (AvgIpc) is 3.02. The Morgan fingerprint density at radius 3 is 2.41 bits per heavy atom.